The van der Waals surface area contributed by atoms with Gasteiger partial charge in [-0.3, -0.25) is 4.99 Å². The first-order chi connectivity index (χ1) is 17.0. The van der Waals surface area contributed by atoms with Gasteiger partial charge in [0.05, 0.1) is 29.9 Å². The van der Waals surface area contributed by atoms with Crippen molar-refractivity contribution in [1.29, 1.82) is 0 Å². The third-order valence-electron chi connectivity index (χ3n) is 6.25. The van der Waals surface area contributed by atoms with Crippen molar-refractivity contribution in [3.8, 4) is 11.5 Å². The van der Waals surface area contributed by atoms with Crippen molar-refractivity contribution >= 4 is 40.0 Å². The van der Waals surface area contributed by atoms with Gasteiger partial charge >= 0.3 is 0 Å². The maximum Gasteiger partial charge on any atom is 0.201 e. The van der Waals surface area contributed by atoms with Gasteiger partial charge in [0.25, 0.3) is 0 Å². The van der Waals surface area contributed by atoms with Crippen molar-refractivity contribution in [1.82, 2.24) is 14.9 Å². The van der Waals surface area contributed by atoms with E-state index in [1.165, 1.54) is 6.33 Å². The number of para-hydroxylation sites is 1. The molecule has 3 aromatic rings. The molecule has 0 amide bonds. The first kappa shape index (κ1) is 25.0. The first-order valence-corrected chi connectivity index (χ1v) is 12.3. The lowest BCUT2D eigenvalue weighted by Crippen LogP contribution is -2.32. The quantitative estimate of drug-likeness (QED) is 0.342. The molecular weight excluding hydrogens is 464 g/mol. The van der Waals surface area contributed by atoms with E-state index < -0.39 is 0 Å². The lowest BCUT2D eigenvalue weighted by Gasteiger charge is -2.28. The van der Waals surface area contributed by atoms with Gasteiger partial charge in [-0.15, -0.1) is 0 Å². The van der Waals surface area contributed by atoms with Crippen molar-refractivity contribution in [2.45, 2.75) is 26.7 Å². The topological polar surface area (TPSA) is 83.9 Å². The molecule has 0 saturated carbocycles. The van der Waals surface area contributed by atoms with Gasteiger partial charge in [-0.05, 0) is 70.4 Å². The number of hydrogen-bond acceptors (Lipinski definition) is 6. The maximum absolute atomic E-state index is 6.42. The molecule has 1 aromatic heterocycles. The standard InChI is InChI=1S/C26H33ClN6O2/c1-5-28-26(31-24-17(2)7-6-8-20(24)27)32-25-19-13-22(34-4)23(14-21(19)29-16-30-25)35-15-18-9-11-33(3)12-10-18/h6-8,13-14,16,18H,5,9-12,15H2,1-4H3,(H2,28,29,30,31,32). The number of methoxy groups -OCH3 is 1. The van der Waals surface area contributed by atoms with Crippen molar-refractivity contribution in [3.63, 3.8) is 0 Å². The van der Waals surface area contributed by atoms with Crippen molar-refractivity contribution in [2.24, 2.45) is 10.9 Å². The summed E-state index contributed by atoms with van der Waals surface area (Å²) in [4.78, 5) is 15.9. The second-order valence-corrected chi connectivity index (χ2v) is 9.21. The minimum Gasteiger partial charge on any atom is -0.493 e. The molecular formula is C26H33ClN6O2. The molecule has 9 heteroatoms. The summed E-state index contributed by atoms with van der Waals surface area (Å²) in [6.45, 7) is 7.43. The Morgan fingerprint density at radius 3 is 2.69 bits per heavy atom. The number of aromatic nitrogens is 2. The molecule has 8 nitrogen and oxygen atoms in total. The van der Waals surface area contributed by atoms with Gasteiger partial charge in [-0.25, -0.2) is 9.97 Å². The summed E-state index contributed by atoms with van der Waals surface area (Å²) < 4.78 is 11.9. The van der Waals surface area contributed by atoms with E-state index in [1.54, 1.807) is 7.11 Å². The number of rotatable bonds is 7. The largest absolute Gasteiger partial charge is 0.493 e. The minimum absolute atomic E-state index is 0.543. The van der Waals surface area contributed by atoms with Crippen molar-refractivity contribution in [2.75, 3.05) is 51.0 Å². The van der Waals surface area contributed by atoms with Crippen LogP contribution >= 0.6 is 11.6 Å². The molecule has 4 rings (SSSR count). The molecule has 1 fully saturated rings. The Labute approximate surface area is 211 Å². The van der Waals surface area contributed by atoms with Gasteiger partial charge in [-0.2, -0.15) is 0 Å². The van der Waals surface area contributed by atoms with E-state index in [9.17, 15) is 0 Å². The molecule has 2 N–H and O–H groups in total. The number of aliphatic imine (C=N–C) groups is 1. The van der Waals surface area contributed by atoms with Gasteiger partial charge in [0.1, 0.15) is 12.1 Å². The number of nitrogens with one attached hydrogen (secondary N) is 2. The van der Waals surface area contributed by atoms with Crippen LogP contribution in [0.4, 0.5) is 11.5 Å². The number of benzene rings is 2. The second-order valence-electron chi connectivity index (χ2n) is 8.80. The summed E-state index contributed by atoms with van der Waals surface area (Å²) in [5, 5.41) is 8.05. The summed E-state index contributed by atoms with van der Waals surface area (Å²) in [6, 6.07) is 9.59. The molecule has 2 heterocycles. The summed E-state index contributed by atoms with van der Waals surface area (Å²) in [5.74, 6) is 3.04. The number of piperidine rings is 1. The van der Waals surface area contributed by atoms with Crippen LogP contribution < -0.4 is 20.1 Å². The molecule has 0 radical (unpaired) electrons. The van der Waals surface area contributed by atoms with Crippen LogP contribution in [-0.4, -0.2) is 61.2 Å². The van der Waals surface area contributed by atoms with Gasteiger partial charge in [0.2, 0.25) is 5.96 Å². The van der Waals surface area contributed by atoms with Gasteiger partial charge in [-0.1, -0.05) is 23.7 Å². The number of halogens is 1. The SMILES string of the molecule is CCN=C(Nc1c(C)cccc1Cl)Nc1ncnc2cc(OCC3CCN(C)CC3)c(OC)cc12. The minimum atomic E-state index is 0.543. The fourth-order valence-electron chi connectivity index (χ4n) is 4.16. The molecule has 1 aliphatic rings. The van der Waals surface area contributed by atoms with E-state index in [4.69, 9.17) is 21.1 Å². The van der Waals surface area contributed by atoms with Crippen LogP contribution in [0.3, 0.4) is 0 Å². The number of aryl methyl sites for hydroxylation is 1. The maximum atomic E-state index is 6.42. The fraction of sp³-hybridized carbons (Fsp3) is 0.423. The highest BCUT2D eigenvalue weighted by molar-refractivity contribution is 6.34. The molecule has 0 bridgehead atoms. The summed E-state index contributed by atoms with van der Waals surface area (Å²) in [7, 11) is 3.81. The molecule has 1 saturated heterocycles. The number of ether oxygens (including phenoxy) is 2. The molecule has 35 heavy (non-hydrogen) atoms. The summed E-state index contributed by atoms with van der Waals surface area (Å²) in [5.41, 5.74) is 2.57. The second kappa shape index (κ2) is 11.6. The lowest BCUT2D eigenvalue weighted by molar-refractivity contribution is 0.157. The Morgan fingerprint density at radius 2 is 1.97 bits per heavy atom. The molecule has 2 aromatic carbocycles. The van der Waals surface area contributed by atoms with E-state index in [1.807, 2.05) is 44.2 Å². The van der Waals surface area contributed by atoms with Crippen LogP contribution in [0.5, 0.6) is 11.5 Å². The van der Waals surface area contributed by atoms with Crippen LogP contribution in [0.2, 0.25) is 5.02 Å². The Balaban J connectivity index is 1.57. The zero-order chi connectivity index (χ0) is 24.8. The summed E-state index contributed by atoms with van der Waals surface area (Å²) in [6.07, 6.45) is 3.81. The van der Waals surface area contributed by atoms with Gasteiger partial charge < -0.3 is 25.0 Å². The number of anilines is 2. The lowest BCUT2D eigenvalue weighted by atomic mass is 9.98. The van der Waals surface area contributed by atoms with Crippen LogP contribution in [0.25, 0.3) is 10.9 Å². The predicted molar refractivity (Wildman–Crippen MR) is 143 cm³/mol. The molecule has 0 aliphatic carbocycles. The van der Waals surface area contributed by atoms with Crippen LogP contribution in [0.1, 0.15) is 25.3 Å². The monoisotopic (exact) mass is 496 g/mol. The Hall–Kier alpha value is -3.10. The van der Waals surface area contributed by atoms with E-state index in [0.29, 0.717) is 47.4 Å². The van der Waals surface area contributed by atoms with Crippen LogP contribution in [0, 0.1) is 12.8 Å². The highest BCUT2D eigenvalue weighted by Gasteiger charge is 2.19. The van der Waals surface area contributed by atoms with Crippen LogP contribution in [-0.2, 0) is 0 Å². The average Bonchev–Trinajstić information content (AvgIpc) is 2.85. The third-order valence-corrected chi connectivity index (χ3v) is 6.57. The predicted octanol–water partition coefficient (Wildman–Crippen LogP) is 5.22. The Bertz CT molecular complexity index is 1170. The zero-order valence-electron chi connectivity index (χ0n) is 20.8. The molecule has 1 aliphatic heterocycles. The first-order valence-electron chi connectivity index (χ1n) is 12.0. The summed E-state index contributed by atoms with van der Waals surface area (Å²) >= 11 is 6.42. The van der Waals surface area contributed by atoms with E-state index >= 15 is 0 Å². The van der Waals surface area contributed by atoms with Crippen molar-refractivity contribution < 1.29 is 9.47 Å². The highest BCUT2D eigenvalue weighted by atomic mass is 35.5. The van der Waals surface area contributed by atoms with Gasteiger partial charge in [0.15, 0.2) is 11.5 Å². The normalized spacial score (nSPS) is 15.3. The van der Waals surface area contributed by atoms with E-state index in [-0.39, 0.29) is 0 Å². The van der Waals surface area contributed by atoms with Crippen LogP contribution in [0.15, 0.2) is 41.7 Å². The average molecular weight is 497 g/mol. The van der Waals surface area contributed by atoms with Gasteiger partial charge in [0, 0.05) is 18.0 Å². The molecule has 0 spiro atoms. The number of nitrogens with zero attached hydrogens (tertiary/aromatic N) is 4. The molecule has 0 unspecified atom stereocenters. The van der Waals surface area contributed by atoms with E-state index in [2.05, 4.69) is 37.5 Å². The van der Waals surface area contributed by atoms with Crippen molar-refractivity contribution in [3.05, 3.63) is 47.2 Å². The number of guanidine groups is 1. The molecule has 186 valence electrons. The number of hydrogen-bond donors (Lipinski definition) is 2. The molecule has 0 atom stereocenters. The Kier molecular flexibility index (Phi) is 8.25. The van der Waals surface area contributed by atoms with E-state index in [0.717, 1.165) is 48.1 Å². The number of fused-ring (bicyclic) bond motifs is 1. The zero-order valence-corrected chi connectivity index (χ0v) is 21.5. The Morgan fingerprint density at radius 1 is 1.17 bits per heavy atom. The third kappa shape index (κ3) is 6.13. The fourth-order valence-corrected chi connectivity index (χ4v) is 4.43. The number of likely N-dealkylation sites (tertiary alicyclic amines) is 1. The highest BCUT2D eigenvalue weighted by Crippen LogP contribution is 2.35. The smallest absolute Gasteiger partial charge is 0.201 e.